The zero-order valence-corrected chi connectivity index (χ0v) is 20.4. The van der Waals surface area contributed by atoms with Crippen LogP contribution in [-0.4, -0.2) is 42.8 Å². The Kier molecular flexibility index (Phi) is 5.81. The molecule has 3 heterocycles. The number of aromatic nitrogens is 6. The van der Waals surface area contributed by atoms with Crippen molar-refractivity contribution in [2.45, 2.75) is 18.1 Å². The molecule has 5 aromatic rings. The summed E-state index contributed by atoms with van der Waals surface area (Å²) in [7, 11) is -1.04. The van der Waals surface area contributed by atoms with Crippen molar-refractivity contribution in [2.75, 3.05) is 5.75 Å². The Morgan fingerprint density at radius 1 is 1.03 bits per heavy atom. The summed E-state index contributed by atoms with van der Waals surface area (Å²) in [5.74, 6) is 5.74. The number of hydrogen-bond acceptors (Lipinski definition) is 6. The molecular formula is C25H22N6O4S. The van der Waals surface area contributed by atoms with Gasteiger partial charge < -0.3 is 9.55 Å². The molecule has 0 unspecified atom stereocenters. The Labute approximate surface area is 205 Å². The molecule has 0 aliphatic rings. The third kappa shape index (κ3) is 4.12. The van der Waals surface area contributed by atoms with Gasteiger partial charge in [-0.2, -0.15) is 4.98 Å². The van der Waals surface area contributed by atoms with Crippen LogP contribution in [-0.2, 0) is 36.9 Å². The van der Waals surface area contributed by atoms with Gasteiger partial charge in [0.1, 0.15) is 0 Å². The summed E-state index contributed by atoms with van der Waals surface area (Å²) >= 11 is 0. The zero-order valence-electron chi connectivity index (χ0n) is 19.6. The fourth-order valence-corrected chi connectivity index (χ4v) is 5.47. The number of fused-ring (bicyclic) bond motifs is 2. The molecule has 2 aromatic carbocycles. The average molecular weight is 503 g/mol. The van der Waals surface area contributed by atoms with Crippen molar-refractivity contribution in [3.63, 3.8) is 0 Å². The number of aromatic amines is 1. The third-order valence-corrected chi connectivity index (χ3v) is 7.65. The van der Waals surface area contributed by atoms with E-state index in [1.54, 1.807) is 6.33 Å². The van der Waals surface area contributed by atoms with E-state index in [-0.39, 0.29) is 28.6 Å². The minimum Gasteiger partial charge on any atom is -0.345 e. The first-order valence-electron chi connectivity index (χ1n) is 11.1. The Balaban J connectivity index is 1.54. The summed E-state index contributed by atoms with van der Waals surface area (Å²) in [5.41, 5.74) is 1.99. The maximum atomic E-state index is 13.2. The van der Waals surface area contributed by atoms with Crippen molar-refractivity contribution in [3.8, 4) is 11.8 Å². The molecule has 5 rings (SSSR count). The number of imidazole rings is 2. The third-order valence-electron chi connectivity index (χ3n) is 5.99. The summed E-state index contributed by atoms with van der Waals surface area (Å²) < 4.78 is 29.7. The van der Waals surface area contributed by atoms with Crippen molar-refractivity contribution < 1.29 is 8.42 Å². The lowest BCUT2D eigenvalue weighted by Gasteiger charge is -2.06. The van der Waals surface area contributed by atoms with Gasteiger partial charge in [0.25, 0.3) is 5.56 Å². The Hall–Kier alpha value is -4.43. The molecule has 10 nitrogen and oxygen atoms in total. The molecule has 0 saturated carbocycles. The second kappa shape index (κ2) is 8.98. The highest BCUT2D eigenvalue weighted by Crippen LogP contribution is 2.17. The Morgan fingerprint density at radius 2 is 1.81 bits per heavy atom. The van der Waals surface area contributed by atoms with E-state index in [0.29, 0.717) is 12.0 Å². The van der Waals surface area contributed by atoms with Gasteiger partial charge in [0.05, 0.1) is 29.7 Å². The fraction of sp³-hybridized carbons (Fsp3) is 0.200. The van der Waals surface area contributed by atoms with Crippen LogP contribution >= 0.6 is 0 Å². The molecule has 182 valence electrons. The van der Waals surface area contributed by atoms with Crippen LogP contribution in [0.1, 0.15) is 11.1 Å². The van der Waals surface area contributed by atoms with E-state index in [0.717, 1.165) is 21.2 Å². The Morgan fingerprint density at radius 3 is 2.58 bits per heavy atom. The Bertz CT molecular complexity index is 1900. The molecule has 1 N–H and O–H groups in total. The van der Waals surface area contributed by atoms with E-state index in [1.807, 2.05) is 48.5 Å². The maximum absolute atomic E-state index is 13.2. The van der Waals surface area contributed by atoms with Crippen LogP contribution in [0.2, 0.25) is 0 Å². The van der Waals surface area contributed by atoms with Gasteiger partial charge >= 0.3 is 5.69 Å². The first-order chi connectivity index (χ1) is 17.3. The molecular weight excluding hydrogens is 480 g/mol. The summed E-state index contributed by atoms with van der Waals surface area (Å²) in [4.78, 5) is 37.2. The monoisotopic (exact) mass is 502 g/mol. The summed E-state index contributed by atoms with van der Waals surface area (Å²) in [6.07, 6.45) is 1.89. The number of H-pyrrole nitrogens is 1. The van der Waals surface area contributed by atoms with E-state index in [1.165, 1.54) is 23.2 Å². The van der Waals surface area contributed by atoms with E-state index < -0.39 is 21.1 Å². The average Bonchev–Trinajstić information content (AvgIpc) is 3.48. The molecule has 0 aliphatic heterocycles. The smallest absolute Gasteiger partial charge is 0.333 e. The number of rotatable bonds is 5. The predicted octanol–water partition coefficient (Wildman–Crippen LogP) is 1.38. The topological polar surface area (TPSA) is 125 Å². The van der Waals surface area contributed by atoms with E-state index >= 15 is 0 Å². The van der Waals surface area contributed by atoms with E-state index in [2.05, 4.69) is 26.8 Å². The molecule has 0 fully saturated rings. The summed E-state index contributed by atoms with van der Waals surface area (Å²) in [5, 5.41) is -0.262. The van der Waals surface area contributed by atoms with Gasteiger partial charge in [-0.05, 0) is 30.2 Å². The van der Waals surface area contributed by atoms with Crippen molar-refractivity contribution >= 4 is 32.0 Å². The molecule has 0 bridgehead atoms. The van der Waals surface area contributed by atoms with Gasteiger partial charge in [0, 0.05) is 19.7 Å². The van der Waals surface area contributed by atoms with Gasteiger partial charge in [0.2, 0.25) is 15.0 Å². The number of aryl methyl sites for hydroxylation is 2. The van der Waals surface area contributed by atoms with Gasteiger partial charge in [-0.1, -0.05) is 42.2 Å². The molecule has 36 heavy (non-hydrogen) atoms. The van der Waals surface area contributed by atoms with E-state index in [9.17, 15) is 18.0 Å². The molecule has 0 aliphatic carbocycles. The zero-order chi connectivity index (χ0) is 25.4. The predicted molar refractivity (Wildman–Crippen MR) is 135 cm³/mol. The minimum absolute atomic E-state index is 0.0118. The summed E-state index contributed by atoms with van der Waals surface area (Å²) in [6.45, 7) is -0.0784. The quantitative estimate of drug-likeness (QED) is 0.362. The minimum atomic E-state index is -3.85. The van der Waals surface area contributed by atoms with Crippen molar-refractivity contribution in [1.29, 1.82) is 0 Å². The highest BCUT2D eigenvalue weighted by molar-refractivity contribution is 7.91. The van der Waals surface area contributed by atoms with Crippen LogP contribution in [0.5, 0.6) is 0 Å². The lowest BCUT2D eigenvalue weighted by Crippen LogP contribution is -2.38. The van der Waals surface area contributed by atoms with Gasteiger partial charge in [-0.3, -0.25) is 13.9 Å². The SMILES string of the molecule is Cn1c(=O)c2c(nc(S(=O)(=O)CCc3ccccc3)n2C)n(CC#Cc2ccc3nc[nH]c3c2)c1=O. The second-order valence-electron chi connectivity index (χ2n) is 8.35. The van der Waals surface area contributed by atoms with Crippen LogP contribution in [0.25, 0.3) is 22.2 Å². The van der Waals surface area contributed by atoms with Crippen molar-refractivity contribution in [3.05, 3.63) is 86.8 Å². The largest absolute Gasteiger partial charge is 0.345 e. The van der Waals surface area contributed by atoms with Crippen molar-refractivity contribution in [2.24, 2.45) is 14.1 Å². The highest BCUT2D eigenvalue weighted by Gasteiger charge is 2.26. The van der Waals surface area contributed by atoms with Gasteiger partial charge in [-0.25, -0.2) is 18.2 Å². The second-order valence-corrected chi connectivity index (χ2v) is 10.4. The first-order valence-corrected chi connectivity index (χ1v) is 12.8. The molecule has 11 heteroatoms. The molecule has 0 saturated heterocycles. The molecule has 0 radical (unpaired) electrons. The fourth-order valence-electron chi connectivity index (χ4n) is 4.05. The van der Waals surface area contributed by atoms with Crippen LogP contribution in [0.15, 0.2) is 69.6 Å². The lowest BCUT2D eigenvalue weighted by molar-refractivity contribution is 0.579. The number of sulfone groups is 1. The number of hydrogen-bond donors (Lipinski definition) is 1. The molecule has 0 amide bonds. The number of nitrogens with one attached hydrogen (secondary N) is 1. The van der Waals surface area contributed by atoms with Gasteiger partial charge in [0.15, 0.2) is 11.2 Å². The maximum Gasteiger partial charge on any atom is 0.333 e. The molecule has 0 atom stereocenters. The van der Waals surface area contributed by atoms with Crippen molar-refractivity contribution in [1.82, 2.24) is 28.7 Å². The van der Waals surface area contributed by atoms with Crippen LogP contribution < -0.4 is 11.2 Å². The number of benzene rings is 2. The number of nitrogens with zero attached hydrogens (tertiary/aromatic N) is 5. The van der Waals surface area contributed by atoms with Crippen LogP contribution in [0.4, 0.5) is 0 Å². The highest BCUT2D eigenvalue weighted by atomic mass is 32.2. The normalized spacial score (nSPS) is 11.6. The summed E-state index contributed by atoms with van der Waals surface area (Å²) in [6, 6.07) is 14.7. The lowest BCUT2D eigenvalue weighted by atomic mass is 10.2. The molecule has 0 spiro atoms. The van der Waals surface area contributed by atoms with Crippen LogP contribution in [0.3, 0.4) is 0 Å². The molecule has 3 aromatic heterocycles. The van der Waals surface area contributed by atoms with E-state index in [4.69, 9.17) is 0 Å². The standard InChI is InChI=1S/C25H22N6O4S/c1-29-21-22(28-24(29)36(34,35)14-12-17-7-4-3-5-8-17)31(25(33)30(2)23(21)32)13-6-9-18-10-11-19-20(15-18)27-16-26-19/h3-5,7-8,10-11,15-16H,12-14H2,1-2H3,(H,26,27). The van der Waals surface area contributed by atoms with Gasteiger partial charge in [-0.15, -0.1) is 0 Å². The van der Waals surface area contributed by atoms with Crippen LogP contribution in [0, 0.1) is 11.8 Å². The first kappa shape index (κ1) is 23.3.